The number of aromatic amines is 2. The second-order valence-electron chi connectivity index (χ2n) is 27.9. The molecule has 10 nitrogen and oxygen atoms in total. The maximum atomic E-state index is 12.0. The minimum Gasteiger partial charge on any atom is -0.493 e. The third kappa shape index (κ3) is 26.5. The third-order valence-corrected chi connectivity index (χ3v) is 19.5. The lowest BCUT2D eigenvalue weighted by Crippen LogP contribution is -2.04. The average Bonchev–Trinajstić information content (AvgIpc) is 1.70. The Kier molecular flexibility index (Phi) is 35.9. The summed E-state index contributed by atoms with van der Waals surface area (Å²) in [6.45, 7) is 11.5. The van der Waals surface area contributed by atoms with Crippen LogP contribution in [0.5, 0.6) is 23.0 Å². The predicted octanol–water partition coefficient (Wildman–Crippen LogP) is 26.3. The first-order chi connectivity index (χ1) is 48.9. The molecule has 3 aromatic heterocycles. The molecule has 99 heavy (non-hydrogen) atoms. The van der Waals surface area contributed by atoms with Gasteiger partial charge in [-0.1, -0.05) is 283 Å². The molecule has 0 aliphatic carbocycles. The van der Waals surface area contributed by atoms with Crippen molar-refractivity contribution in [1.29, 1.82) is 0 Å². The maximum Gasteiger partial charge on any atom is 0.335 e. The molecule has 2 aliphatic heterocycles. The Labute approximate surface area is 596 Å². The van der Waals surface area contributed by atoms with Gasteiger partial charge in [-0.3, -0.25) is 0 Å². The lowest BCUT2D eigenvalue weighted by Gasteiger charge is -2.18. The standard InChI is InChI=1S/C89H122N4O6/c1-5-9-13-17-21-25-29-33-37-41-65-96-81-47-45-48-82(97-66-42-38-34-30-26-22-18-14-10-6-2)87(81)85-77-59-56-72(90-77)69-73-57-60-78(91-73)86(80-64-62-76(93-80)74(75-61-63-79(85)92-75)58-53-70-51-54-71(55-52-70)89(94)95)88-83(98-67-43-39-35-31-27-23-19-15-11-7-3)49-46-50-84(88)99-68-44-40-36-32-28-24-20-16-12-8-4/h45-52,54-57,59-64,69,90,93H,5-44,65-68H2,1-4H3,(H,94,95). The molecule has 5 heterocycles. The Morgan fingerprint density at radius 2 is 0.697 bits per heavy atom. The van der Waals surface area contributed by atoms with E-state index in [4.69, 9.17) is 28.9 Å². The summed E-state index contributed by atoms with van der Waals surface area (Å²) in [5.41, 5.74) is 11.3. The largest absolute Gasteiger partial charge is 0.493 e. The number of aromatic nitrogens is 4. The molecule has 0 saturated heterocycles. The van der Waals surface area contributed by atoms with Gasteiger partial charge in [0.1, 0.15) is 23.0 Å². The van der Waals surface area contributed by atoms with Crippen LogP contribution in [0, 0.1) is 11.8 Å². The highest BCUT2D eigenvalue weighted by atomic mass is 16.5. The van der Waals surface area contributed by atoms with Crippen molar-refractivity contribution in [2.45, 2.75) is 285 Å². The number of fused-ring (bicyclic) bond motifs is 8. The molecule has 0 spiro atoms. The van der Waals surface area contributed by atoms with E-state index in [0.29, 0.717) is 43.2 Å². The van der Waals surface area contributed by atoms with Gasteiger partial charge in [-0.15, -0.1) is 0 Å². The molecule has 10 heteroatoms. The molecule has 2 aliphatic rings. The number of aromatic carboxylic acids is 1. The van der Waals surface area contributed by atoms with Gasteiger partial charge in [-0.2, -0.15) is 0 Å². The zero-order chi connectivity index (χ0) is 69.2. The molecule has 0 atom stereocenters. The first-order valence-corrected chi connectivity index (χ1v) is 39.7. The number of carboxylic acids is 1. The van der Waals surface area contributed by atoms with Crippen molar-refractivity contribution in [3.8, 4) is 57.1 Å². The van der Waals surface area contributed by atoms with Gasteiger partial charge in [0.2, 0.25) is 0 Å². The number of carboxylic acid groups (broad SMARTS) is 1. The van der Waals surface area contributed by atoms with Crippen molar-refractivity contribution in [1.82, 2.24) is 19.9 Å². The Morgan fingerprint density at radius 1 is 0.354 bits per heavy atom. The predicted molar refractivity (Wildman–Crippen MR) is 418 cm³/mol. The first kappa shape index (κ1) is 77.2. The fourth-order valence-corrected chi connectivity index (χ4v) is 13.7. The molecular formula is C89H122N4O6. The summed E-state index contributed by atoms with van der Waals surface area (Å²) >= 11 is 0. The van der Waals surface area contributed by atoms with Crippen LogP contribution in [-0.4, -0.2) is 57.4 Å². The average molecular weight is 1340 g/mol. The van der Waals surface area contributed by atoms with E-state index >= 15 is 0 Å². The molecule has 8 rings (SSSR count). The van der Waals surface area contributed by atoms with E-state index in [1.807, 2.05) is 0 Å². The molecule has 8 bridgehead atoms. The van der Waals surface area contributed by atoms with E-state index in [1.54, 1.807) is 24.3 Å². The van der Waals surface area contributed by atoms with Gasteiger partial charge in [0.05, 0.1) is 77.0 Å². The Morgan fingerprint density at radius 3 is 1.10 bits per heavy atom. The molecule has 0 amide bonds. The van der Waals surface area contributed by atoms with Gasteiger partial charge >= 0.3 is 5.97 Å². The van der Waals surface area contributed by atoms with Crippen molar-refractivity contribution in [3.63, 3.8) is 0 Å². The SMILES string of the molecule is CCCCCCCCCCCCOc1cccc(OCCCCCCCCCCCC)c1-c1c2nc(c(C#Cc3ccc(C(=O)O)cc3)c3ccc([nH]3)c(-c3c(OCCCCCCCCCCCC)cccc3OCCCCCCCCCCCC)c3nc(cc4ccc1[nH]4)C=C3)C=C2. The van der Waals surface area contributed by atoms with Gasteiger partial charge in [0.25, 0.3) is 0 Å². The highest BCUT2D eigenvalue weighted by molar-refractivity contribution is 5.98. The van der Waals surface area contributed by atoms with Gasteiger partial charge in [-0.25, -0.2) is 14.8 Å². The van der Waals surface area contributed by atoms with Crippen LogP contribution in [0.2, 0.25) is 0 Å². The van der Waals surface area contributed by atoms with E-state index in [1.165, 1.54) is 205 Å². The number of hydrogen-bond donors (Lipinski definition) is 3. The Balaban J connectivity index is 1.21. The topological polar surface area (TPSA) is 132 Å². The summed E-state index contributed by atoms with van der Waals surface area (Å²) in [5.74, 6) is 9.03. The Bertz CT molecular complexity index is 3430. The van der Waals surface area contributed by atoms with E-state index in [2.05, 4.69) is 141 Å². The molecule has 0 unspecified atom stereocenters. The van der Waals surface area contributed by atoms with Crippen LogP contribution in [0.3, 0.4) is 0 Å². The maximum absolute atomic E-state index is 12.0. The lowest BCUT2D eigenvalue weighted by atomic mass is 10.0. The zero-order valence-electron chi connectivity index (χ0n) is 61.5. The molecule has 6 aromatic rings. The van der Waals surface area contributed by atoms with Crippen LogP contribution in [0.15, 0.2) is 91.0 Å². The summed E-state index contributed by atoms with van der Waals surface area (Å²) in [7, 11) is 0. The van der Waals surface area contributed by atoms with Crippen LogP contribution in [-0.2, 0) is 0 Å². The quantitative estimate of drug-likeness (QED) is 0.0254. The molecule has 0 radical (unpaired) electrons. The van der Waals surface area contributed by atoms with Crippen LogP contribution >= 0.6 is 0 Å². The van der Waals surface area contributed by atoms with Crippen molar-refractivity contribution < 1.29 is 28.8 Å². The van der Waals surface area contributed by atoms with Crippen molar-refractivity contribution in [2.75, 3.05) is 26.4 Å². The summed E-state index contributed by atoms with van der Waals surface area (Å²) < 4.78 is 27.8. The van der Waals surface area contributed by atoms with Crippen LogP contribution in [0.4, 0.5) is 0 Å². The fraction of sp³-hybridized carbons (Fsp3) is 0.539. The summed E-state index contributed by atoms with van der Waals surface area (Å²) in [4.78, 5) is 30.8. The van der Waals surface area contributed by atoms with E-state index in [-0.39, 0.29) is 5.56 Å². The van der Waals surface area contributed by atoms with Crippen molar-refractivity contribution in [3.05, 3.63) is 130 Å². The number of carbonyl (C=O) groups is 1. The summed E-state index contributed by atoms with van der Waals surface area (Å²) in [6.07, 6.45) is 58.3. The summed E-state index contributed by atoms with van der Waals surface area (Å²) in [5, 5.41) is 9.84. The van der Waals surface area contributed by atoms with Crippen LogP contribution in [0.25, 0.3) is 68.6 Å². The van der Waals surface area contributed by atoms with Gasteiger partial charge in [-0.05, 0) is 129 Å². The van der Waals surface area contributed by atoms with Gasteiger partial charge in [0, 0.05) is 33.2 Å². The number of ether oxygens (including phenoxy) is 4. The number of hydrogen-bond acceptors (Lipinski definition) is 7. The van der Waals surface area contributed by atoms with Crippen molar-refractivity contribution in [2.24, 2.45) is 0 Å². The number of rotatable bonds is 51. The molecule has 0 saturated carbocycles. The van der Waals surface area contributed by atoms with Crippen molar-refractivity contribution >= 4 is 52.3 Å². The van der Waals surface area contributed by atoms with E-state index in [9.17, 15) is 9.90 Å². The third-order valence-electron chi connectivity index (χ3n) is 19.5. The summed E-state index contributed by atoms with van der Waals surface area (Å²) in [6, 6.07) is 29.8. The fourth-order valence-electron chi connectivity index (χ4n) is 13.7. The first-order valence-electron chi connectivity index (χ1n) is 39.7. The van der Waals surface area contributed by atoms with Crippen LogP contribution in [0.1, 0.15) is 329 Å². The number of H-pyrrole nitrogens is 2. The second kappa shape index (κ2) is 46.0. The number of unbranched alkanes of at least 4 members (excludes halogenated alkanes) is 36. The minimum absolute atomic E-state index is 0.203. The highest BCUT2D eigenvalue weighted by Crippen LogP contribution is 2.45. The van der Waals surface area contributed by atoms with Gasteiger partial charge < -0.3 is 34.0 Å². The zero-order valence-corrected chi connectivity index (χ0v) is 61.5. The Hall–Kier alpha value is -7.51. The molecule has 3 aromatic carbocycles. The van der Waals surface area contributed by atoms with E-state index < -0.39 is 5.97 Å². The lowest BCUT2D eigenvalue weighted by molar-refractivity contribution is 0.0696. The molecular weight excluding hydrogens is 1220 g/mol. The normalized spacial score (nSPS) is 11.7. The molecule has 0 fully saturated rings. The minimum atomic E-state index is -0.984. The number of nitrogens with zero attached hydrogens (tertiary/aromatic N) is 2. The molecule has 3 N–H and O–H groups in total. The van der Waals surface area contributed by atoms with Crippen LogP contribution < -0.4 is 18.9 Å². The second-order valence-corrected chi connectivity index (χ2v) is 27.9. The van der Waals surface area contributed by atoms with E-state index in [0.717, 1.165) is 136 Å². The smallest absolute Gasteiger partial charge is 0.335 e. The molecule has 534 valence electrons. The monoisotopic (exact) mass is 1340 g/mol. The highest BCUT2D eigenvalue weighted by Gasteiger charge is 2.24. The van der Waals surface area contributed by atoms with Gasteiger partial charge in [0.15, 0.2) is 0 Å². The number of nitrogens with one attached hydrogen (secondary N) is 2. The number of benzene rings is 3.